The normalized spacial score (nSPS) is 10.5. The molecule has 3 aromatic rings. The lowest BCUT2D eigenvalue weighted by Crippen LogP contribution is -2.12. The van der Waals surface area contributed by atoms with Crippen LogP contribution in [-0.2, 0) is 0 Å². The molecule has 1 heterocycles. The largest absolute Gasteiger partial charge is 0.485 e. The molecule has 0 aliphatic rings. The van der Waals surface area contributed by atoms with Crippen molar-refractivity contribution in [2.75, 3.05) is 6.61 Å². The lowest BCUT2D eigenvalue weighted by Gasteiger charge is -2.07. The van der Waals surface area contributed by atoms with Gasteiger partial charge in [-0.1, -0.05) is 30.3 Å². The summed E-state index contributed by atoms with van der Waals surface area (Å²) in [5, 5.41) is 0.613. The van der Waals surface area contributed by atoms with Crippen LogP contribution in [0.3, 0.4) is 0 Å². The van der Waals surface area contributed by atoms with E-state index in [0.717, 1.165) is 0 Å². The first-order chi connectivity index (χ1) is 11.5. The number of ketones is 2. The summed E-state index contributed by atoms with van der Waals surface area (Å²) in [5.74, 6) is -0.0889. The van der Waals surface area contributed by atoms with Crippen molar-refractivity contribution in [3.05, 3.63) is 76.1 Å². The molecule has 3 rings (SSSR count). The number of rotatable bonds is 5. The quantitative estimate of drug-likeness (QED) is 0.532. The monoisotopic (exact) mass is 322 g/mol. The van der Waals surface area contributed by atoms with Gasteiger partial charge in [0.05, 0.1) is 0 Å². The van der Waals surface area contributed by atoms with E-state index in [1.54, 1.807) is 36.4 Å². The van der Waals surface area contributed by atoms with E-state index >= 15 is 0 Å². The molecule has 0 unspecified atom stereocenters. The van der Waals surface area contributed by atoms with Gasteiger partial charge in [-0.05, 0) is 25.1 Å². The van der Waals surface area contributed by atoms with E-state index in [1.807, 2.05) is 6.07 Å². The molecule has 5 heteroatoms. The molecule has 0 aliphatic heterocycles. The van der Waals surface area contributed by atoms with Crippen LogP contribution in [0.1, 0.15) is 27.6 Å². The molecular formula is C19H14O5. The number of hydrogen-bond donors (Lipinski definition) is 0. The second kappa shape index (κ2) is 6.50. The van der Waals surface area contributed by atoms with Gasteiger partial charge in [-0.2, -0.15) is 0 Å². The average Bonchev–Trinajstić information content (AvgIpc) is 2.59. The molecule has 0 fully saturated rings. The third-order valence-electron chi connectivity index (χ3n) is 3.55. The molecule has 5 nitrogen and oxygen atoms in total. The van der Waals surface area contributed by atoms with Gasteiger partial charge >= 0.3 is 5.63 Å². The van der Waals surface area contributed by atoms with Gasteiger partial charge in [0.25, 0.3) is 0 Å². The first-order valence-electron chi connectivity index (χ1n) is 7.34. The summed E-state index contributed by atoms with van der Waals surface area (Å²) in [6, 6.07) is 15.2. The van der Waals surface area contributed by atoms with Gasteiger partial charge in [-0.3, -0.25) is 9.59 Å². The molecule has 0 aliphatic carbocycles. The molecule has 0 saturated carbocycles. The minimum absolute atomic E-state index is 0.00965. The summed E-state index contributed by atoms with van der Waals surface area (Å²) in [4.78, 5) is 35.1. The zero-order valence-corrected chi connectivity index (χ0v) is 12.9. The molecule has 0 bridgehead atoms. The van der Waals surface area contributed by atoms with Crippen LogP contribution in [0.5, 0.6) is 5.75 Å². The van der Waals surface area contributed by atoms with E-state index < -0.39 is 5.63 Å². The van der Waals surface area contributed by atoms with Gasteiger partial charge in [-0.25, -0.2) is 4.79 Å². The number of ether oxygens (including phenoxy) is 1. The molecule has 0 amide bonds. The third-order valence-corrected chi connectivity index (χ3v) is 3.55. The summed E-state index contributed by atoms with van der Waals surface area (Å²) in [7, 11) is 0. The van der Waals surface area contributed by atoms with Gasteiger partial charge in [0, 0.05) is 17.0 Å². The Morgan fingerprint density at radius 2 is 1.79 bits per heavy atom. The highest BCUT2D eigenvalue weighted by Crippen LogP contribution is 2.21. The van der Waals surface area contributed by atoms with Gasteiger partial charge in [0.1, 0.15) is 16.9 Å². The Hall–Kier alpha value is -3.21. The van der Waals surface area contributed by atoms with Crippen LogP contribution in [-0.4, -0.2) is 18.2 Å². The molecule has 0 atom stereocenters. The van der Waals surface area contributed by atoms with Crippen LogP contribution in [0, 0.1) is 0 Å². The Morgan fingerprint density at radius 3 is 2.50 bits per heavy atom. The number of fused-ring (bicyclic) bond motifs is 1. The molecule has 1 aromatic heterocycles. The van der Waals surface area contributed by atoms with Crippen molar-refractivity contribution in [2.45, 2.75) is 6.92 Å². The molecule has 2 aromatic carbocycles. The lowest BCUT2D eigenvalue weighted by molar-refractivity contribution is 0.0921. The number of hydrogen-bond acceptors (Lipinski definition) is 5. The van der Waals surface area contributed by atoms with Crippen molar-refractivity contribution in [1.29, 1.82) is 0 Å². The molecule has 24 heavy (non-hydrogen) atoms. The highest BCUT2D eigenvalue weighted by molar-refractivity contribution is 5.97. The van der Waals surface area contributed by atoms with Gasteiger partial charge in [-0.15, -0.1) is 0 Å². The average molecular weight is 322 g/mol. The second-order valence-electron chi connectivity index (χ2n) is 5.28. The fraction of sp³-hybridized carbons (Fsp3) is 0.105. The smallest absolute Gasteiger partial charge is 0.347 e. The topological polar surface area (TPSA) is 73.6 Å². The van der Waals surface area contributed by atoms with Crippen LogP contribution in [0.4, 0.5) is 0 Å². The number of carbonyl (C=O) groups excluding carboxylic acids is 2. The predicted octanol–water partition coefficient (Wildman–Crippen LogP) is 3.26. The van der Waals surface area contributed by atoms with Crippen LogP contribution in [0.2, 0.25) is 0 Å². The third kappa shape index (κ3) is 3.25. The van der Waals surface area contributed by atoms with Gasteiger partial charge < -0.3 is 9.15 Å². The fourth-order valence-electron chi connectivity index (χ4n) is 2.28. The summed E-state index contributed by atoms with van der Waals surface area (Å²) < 4.78 is 10.6. The first-order valence-corrected chi connectivity index (χ1v) is 7.34. The maximum Gasteiger partial charge on any atom is 0.347 e. The number of Topliss-reactive ketones (excluding diaryl/α,β-unsaturated/α-hetero) is 2. The molecule has 0 spiro atoms. The Kier molecular flexibility index (Phi) is 4.24. The van der Waals surface area contributed by atoms with Crippen LogP contribution < -0.4 is 10.4 Å². The van der Waals surface area contributed by atoms with E-state index in [1.165, 1.54) is 19.1 Å². The Labute approximate surface area is 137 Å². The molecule has 0 radical (unpaired) electrons. The SMILES string of the molecule is CC(=O)c1cc2ccc(OCC(=O)c3ccccc3)cc2oc1=O. The van der Waals surface area contributed by atoms with Crippen molar-refractivity contribution in [2.24, 2.45) is 0 Å². The maximum atomic E-state index is 12.0. The maximum absolute atomic E-state index is 12.0. The van der Waals surface area contributed by atoms with Gasteiger partial charge in [0.2, 0.25) is 0 Å². The van der Waals surface area contributed by atoms with Crippen LogP contribution in [0.25, 0.3) is 11.0 Å². The van der Waals surface area contributed by atoms with Crippen molar-refractivity contribution >= 4 is 22.5 Å². The van der Waals surface area contributed by atoms with Crippen LogP contribution >= 0.6 is 0 Å². The fourth-order valence-corrected chi connectivity index (χ4v) is 2.28. The zero-order chi connectivity index (χ0) is 17.1. The number of benzene rings is 2. The highest BCUT2D eigenvalue weighted by atomic mass is 16.5. The van der Waals surface area contributed by atoms with E-state index in [-0.39, 0.29) is 23.7 Å². The Balaban J connectivity index is 1.81. The molecule has 0 N–H and O–H groups in total. The minimum Gasteiger partial charge on any atom is -0.485 e. The summed E-state index contributed by atoms with van der Waals surface area (Å²) >= 11 is 0. The standard InChI is InChI=1S/C19H14O5/c1-12(20)16-9-14-7-8-15(10-18(14)24-19(16)22)23-11-17(21)13-5-3-2-4-6-13/h2-10H,11H2,1H3. The van der Waals surface area contributed by atoms with E-state index in [9.17, 15) is 14.4 Å². The van der Waals surface area contributed by atoms with E-state index in [4.69, 9.17) is 9.15 Å². The van der Waals surface area contributed by atoms with Crippen molar-refractivity contribution in [1.82, 2.24) is 0 Å². The Morgan fingerprint density at radius 1 is 1.04 bits per heavy atom. The predicted molar refractivity (Wildman–Crippen MR) is 88.8 cm³/mol. The summed E-state index contributed by atoms with van der Waals surface area (Å²) in [6.45, 7) is 1.19. The second-order valence-corrected chi connectivity index (χ2v) is 5.28. The van der Waals surface area contributed by atoms with E-state index in [2.05, 4.69) is 0 Å². The number of carbonyl (C=O) groups is 2. The Bertz CT molecular complexity index is 970. The van der Waals surface area contributed by atoms with Gasteiger partial charge in [0.15, 0.2) is 18.2 Å². The minimum atomic E-state index is -0.687. The van der Waals surface area contributed by atoms with Crippen molar-refractivity contribution in [3.63, 3.8) is 0 Å². The van der Waals surface area contributed by atoms with E-state index in [0.29, 0.717) is 22.3 Å². The zero-order valence-electron chi connectivity index (χ0n) is 12.9. The molecular weight excluding hydrogens is 308 g/mol. The van der Waals surface area contributed by atoms with Crippen molar-refractivity contribution in [3.8, 4) is 5.75 Å². The first kappa shape index (κ1) is 15.7. The highest BCUT2D eigenvalue weighted by Gasteiger charge is 2.11. The summed E-state index contributed by atoms with van der Waals surface area (Å²) in [5.41, 5.74) is 0.188. The van der Waals surface area contributed by atoms with Crippen molar-refractivity contribution < 1.29 is 18.7 Å². The summed E-state index contributed by atoms with van der Waals surface area (Å²) in [6.07, 6.45) is 0. The van der Waals surface area contributed by atoms with Crippen LogP contribution in [0.15, 0.2) is 63.8 Å². The molecule has 0 saturated heterocycles. The molecule has 120 valence electrons. The lowest BCUT2D eigenvalue weighted by atomic mass is 10.1.